The molecule has 176 valence electrons. The third-order valence-electron chi connectivity index (χ3n) is 6.74. The largest absolute Gasteiger partial charge is 0.350 e. The van der Waals surface area contributed by atoms with Crippen LogP contribution in [0.2, 0.25) is 0 Å². The lowest BCUT2D eigenvalue weighted by Gasteiger charge is -2.20. The molecule has 0 saturated heterocycles. The molecule has 4 aromatic rings. The number of carbonyl (C=O) groups excluding carboxylic acids is 1. The molecule has 5 rings (SSSR count). The zero-order valence-electron chi connectivity index (χ0n) is 19.0. The summed E-state index contributed by atoms with van der Waals surface area (Å²) in [5.74, 6) is -0.254. The van der Waals surface area contributed by atoms with Gasteiger partial charge in [-0.2, -0.15) is 5.26 Å². The molecule has 1 aliphatic carbocycles. The summed E-state index contributed by atoms with van der Waals surface area (Å²) >= 11 is 0. The minimum Gasteiger partial charge on any atom is -0.350 e. The topological polar surface area (TPSA) is 116 Å². The number of nitrogens with zero attached hydrogens (tertiary/aromatic N) is 2. The van der Waals surface area contributed by atoms with E-state index >= 15 is 0 Å². The number of carbonyl (C=O) groups is 1. The molecule has 35 heavy (non-hydrogen) atoms. The number of fused-ring (bicyclic) bond motifs is 1. The molecular formula is C27H24N4O3S. The fourth-order valence-electron chi connectivity index (χ4n) is 4.69. The number of rotatable bonds is 6. The van der Waals surface area contributed by atoms with Crippen LogP contribution in [0, 0.1) is 11.3 Å². The average Bonchev–Trinajstić information content (AvgIpc) is 3.56. The first-order chi connectivity index (χ1) is 16.9. The molecular weight excluding hydrogens is 460 g/mol. The highest BCUT2D eigenvalue weighted by atomic mass is 32.2. The molecule has 1 fully saturated rings. The van der Waals surface area contributed by atoms with E-state index in [4.69, 9.17) is 0 Å². The van der Waals surface area contributed by atoms with Crippen molar-refractivity contribution in [3.05, 3.63) is 89.9 Å². The number of nitrogens with one attached hydrogen (secondary N) is 2. The van der Waals surface area contributed by atoms with E-state index in [1.165, 1.54) is 0 Å². The molecule has 1 aliphatic rings. The summed E-state index contributed by atoms with van der Waals surface area (Å²) in [7, 11) is -3.69. The van der Waals surface area contributed by atoms with Crippen molar-refractivity contribution in [1.29, 1.82) is 5.26 Å². The zero-order chi connectivity index (χ0) is 24.5. The van der Waals surface area contributed by atoms with Crippen LogP contribution in [0.3, 0.4) is 0 Å². The van der Waals surface area contributed by atoms with E-state index in [0.717, 1.165) is 47.7 Å². The van der Waals surface area contributed by atoms with Crippen molar-refractivity contribution in [2.75, 3.05) is 0 Å². The highest BCUT2D eigenvalue weighted by Crippen LogP contribution is 2.40. The lowest BCUT2D eigenvalue weighted by molar-refractivity contribution is 0.0946. The second kappa shape index (κ2) is 9.01. The lowest BCUT2D eigenvalue weighted by atomic mass is 9.80. The Morgan fingerprint density at radius 2 is 1.69 bits per heavy atom. The Balaban J connectivity index is 1.27. The summed E-state index contributed by atoms with van der Waals surface area (Å²) in [5, 5.41) is 13.4. The first-order valence-corrected chi connectivity index (χ1v) is 13.0. The Morgan fingerprint density at radius 1 is 1.03 bits per heavy atom. The van der Waals surface area contributed by atoms with Crippen LogP contribution in [-0.4, -0.2) is 24.3 Å². The van der Waals surface area contributed by atoms with E-state index in [1.54, 1.807) is 73.1 Å². The van der Waals surface area contributed by atoms with Crippen molar-refractivity contribution in [3.8, 4) is 6.07 Å². The minimum absolute atomic E-state index is 0.180. The summed E-state index contributed by atoms with van der Waals surface area (Å²) in [4.78, 5) is 20.0. The summed E-state index contributed by atoms with van der Waals surface area (Å²) in [6.45, 7) is 0.262. The van der Waals surface area contributed by atoms with Gasteiger partial charge in [-0.25, -0.2) is 8.42 Å². The van der Waals surface area contributed by atoms with Gasteiger partial charge < -0.3 is 10.3 Å². The standard InChI is InChI=1S/C27H24N4O3S/c28-18-27(12-1-2-13-27)21-5-9-23(10-6-21)35(33,34)22-7-3-19(4-8-22)16-30-26(32)25-15-20-17-29-14-11-24(20)31-25/h3-11,14-15,17,31H,1-2,12-13,16H2,(H,30,32). The maximum Gasteiger partial charge on any atom is 0.267 e. The van der Waals surface area contributed by atoms with Gasteiger partial charge in [-0.3, -0.25) is 9.78 Å². The molecule has 2 aromatic heterocycles. The Kier molecular flexibility index (Phi) is 5.87. The van der Waals surface area contributed by atoms with Crippen molar-refractivity contribution in [1.82, 2.24) is 15.3 Å². The molecule has 2 N–H and O–H groups in total. The van der Waals surface area contributed by atoms with Crippen LogP contribution in [0.4, 0.5) is 0 Å². The van der Waals surface area contributed by atoms with Crippen LogP contribution in [-0.2, 0) is 21.8 Å². The van der Waals surface area contributed by atoms with Crippen molar-refractivity contribution in [2.24, 2.45) is 0 Å². The molecule has 0 bridgehead atoms. The number of hydrogen-bond donors (Lipinski definition) is 2. The molecule has 2 heterocycles. The lowest BCUT2D eigenvalue weighted by Crippen LogP contribution is -2.23. The second-order valence-electron chi connectivity index (χ2n) is 8.90. The highest BCUT2D eigenvalue weighted by molar-refractivity contribution is 7.91. The minimum atomic E-state index is -3.69. The van der Waals surface area contributed by atoms with Gasteiger partial charge in [0.2, 0.25) is 9.84 Å². The Hall–Kier alpha value is -3.96. The highest BCUT2D eigenvalue weighted by Gasteiger charge is 2.35. The van der Waals surface area contributed by atoms with Crippen molar-refractivity contribution >= 4 is 26.6 Å². The van der Waals surface area contributed by atoms with E-state index in [1.807, 2.05) is 0 Å². The van der Waals surface area contributed by atoms with Gasteiger partial charge in [0, 0.05) is 29.8 Å². The number of aromatic amines is 1. The summed E-state index contributed by atoms with van der Waals surface area (Å²) in [6, 6.07) is 19.2. The number of nitriles is 1. The van der Waals surface area contributed by atoms with Gasteiger partial charge in [-0.1, -0.05) is 37.1 Å². The number of aromatic nitrogens is 2. The smallest absolute Gasteiger partial charge is 0.267 e. The second-order valence-corrected chi connectivity index (χ2v) is 10.9. The average molecular weight is 485 g/mol. The molecule has 0 radical (unpaired) electrons. The SMILES string of the molecule is N#CC1(c2ccc(S(=O)(=O)c3ccc(CNC(=O)c4cc5cnccc5[nH]4)cc3)cc2)CCCC1. The van der Waals surface area contributed by atoms with Crippen molar-refractivity contribution in [3.63, 3.8) is 0 Å². The molecule has 0 aliphatic heterocycles. The summed E-state index contributed by atoms with van der Waals surface area (Å²) in [5.41, 5.74) is 2.43. The van der Waals surface area contributed by atoms with Crippen LogP contribution >= 0.6 is 0 Å². The fraction of sp³-hybridized carbons (Fsp3) is 0.222. The number of sulfone groups is 1. The third-order valence-corrected chi connectivity index (χ3v) is 8.53. The van der Waals surface area contributed by atoms with Gasteiger partial charge in [0.25, 0.3) is 5.91 Å². The Morgan fingerprint density at radius 3 is 2.31 bits per heavy atom. The predicted molar refractivity (Wildman–Crippen MR) is 131 cm³/mol. The van der Waals surface area contributed by atoms with Crippen molar-refractivity contribution in [2.45, 2.75) is 47.4 Å². The van der Waals surface area contributed by atoms with Crippen LogP contribution in [0.1, 0.15) is 47.3 Å². The first kappa shape index (κ1) is 22.8. The van der Waals surface area contributed by atoms with E-state index < -0.39 is 15.3 Å². The van der Waals surface area contributed by atoms with Gasteiger partial charge in [0.05, 0.1) is 21.3 Å². The Labute approximate surface area is 203 Å². The van der Waals surface area contributed by atoms with E-state index in [2.05, 4.69) is 21.4 Å². The zero-order valence-corrected chi connectivity index (χ0v) is 19.8. The fourth-order valence-corrected chi connectivity index (χ4v) is 5.95. The molecule has 8 heteroatoms. The number of pyridine rings is 1. The number of H-pyrrole nitrogens is 1. The molecule has 1 amide bonds. The van der Waals surface area contributed by atoms with E-state index in [-0.39, 0.29) is 22.2 Å². The van der Waals surface area contributed by atoms with Crippen LogP contribution < -0.4 is 5.32 Å². The first-order valence-electron chi connectivity index (χ1n) is 11.5. The van der Waals surface area contributed by atoms with Gasteiger partial charge in [0.1, 0.15) is 5.69 Å². The normalized spacial score (nSPS) is 15.1. The maximum atomic E-state index is 13.1. The van der Waals surface area contributed by atoms with Crippen LogP contribution in [0.15, 0.2) is 82.8 Å². The molecule has 0 atom stereocenters. The number of hydrogen-bond acceptors (Lipinski definition) is 5. The molecule has 1 saturated carbocycles. The van der Waals surface area contributed by atoms with E-state index in [0.29, 0.717) is 5.69 Å². The van der Waals surface area contributed by atoms with Gasteiger partial charge in [-0.15, -0.1) is 0 Å². The van der Waals surface area contributed by atoms with Crippen LogP contribution in [0.5, 0.6) is 0 Å². The van der Waals surface area contributed by atoms with Crippen LogP contribution in [0.25, 0.3) is 10.9 Å². The maximum absolute atomic E-state index is 13.1. The number of benzene rings is 2. The Bertz CT molecular complexity index is 1490. The summed E-state index contributed by atoms with van der Waals surface area (Å²) in [6.07, 6.45) is 6.99. The monoisotopic (exact) mass is 484 g/mol. The third kappa shape index (κ3) is 4.31. The van der Waals surface area contributed by atoms with Crippen molar-refractivity contribution < 1.29 is 13.2 Å². The van der Waals surface area contributed by atoms with Gasteiger partial charge in [-0.05, 0) is 60.4 Å². The number of amides is 1. The summed E-state index contributed by atoms with van der Waals surface area (Å²) < 4.78 is 26.2. The van der Waals surface area contributed by atoms with Gasteiger partial charge >= 0.3 is 0 Å². The molecule has 0 unspecified atom stereocenters. The van der Waals surface area contributed by atoms with E-state index in [9.17, 15) is 18.5 Å². The molecule has 2 aromatic carbocycles. The molecule has 0 spiro atoms. The quantitative estimate of drug-likeness (QED) is 0.413. The predicted octanol–water partition coefficient (Wildman–Crippen LogP) is 4.66. The molecule has 7 nitrogen and oxygen atoms in total. The van der Waals surface area contributed by atoms with Gasteiger partial charge in [0.15, 0.2) is 0 Å².